The number of hydrogen-bond acceptors (Lipinski definition) is 5. The molecule has 2 N–H and O–H groups in total. The average Bonchev–Trinajstić information content (AvgIpc) is 2.95. The maximum absolute atomic E-state index is 11.6. The number of thiazole rings is 1. The standard InChI is InChI=1S/C12H16N4O2S/c1-12(2,3)8-7-19-10(14-8)6-13-11(17)15-9-4-5-18-16-9/h4-5,7H,6H2,1-3H3,(H2,13,15,16,17). The summed E-state index contributed by atoms with van der Waals surface area (Å²) in [5, 5.41) is 11.8. The molecule has 0 spiro atoms. The highest BCUT2D eigenvalue weighted by Crippen LogP contribution is 2.23. The van der Waals surface area contributed by atoms with Crippen LogP contribution in [0.3, 0.4) is 0 Å². The Hall–Kier alpha value is -1.89. The summed E-state index contributed by atoms with van der Waals surface area (Å²) in [5.74, 6) is 0.381. The molecule has 2 rings (SSSR count). The van der Waals surface area contributed by atoms with Crippen LogP contribution in [0, 0.1) is 0 Å². The number of amides is 2. The molecule has 0 radical (unpaired) electrons. The number of carbonyl (C=O) groups is 1. The number of hydrogen-bond donors (Lipinski definition) is 2. The van der Waals surface area contributed by atoms with Crippen LogP contribution in [0.15, 0.2) is 22.2 Å². The van der Waals surface area contributed by atoms with Gasteiger partial charge in [-0.05, 0) is 0 Å². The molecule has 2 aromatic rings. The summed E-state index contributed by atoms with van der Waals surface area (Å²) in [4.78, 5) is 16.1. The molecule has 0 bridgehead atoms. The van der Waals surface area contributed by atoms with E-state index < -0.39 is 0 Å². The smallest absolute Gasteiger partial charge is 0.320 e. The lowest BCUT2D eigenvalue weighted by atomic mass is 9.93. The van der Waals surface area contributed by atoms with Gasteiger partial charge < -0.3 is 9.84 Å². The summed E-state index contributed by atoms with van der Waals surface area (Å²) in [6, 6.07) is 1.24. The van der Waals surface area contributed by atoms with Gasteiger partial charge in [-0.25, -0.2) is 9.78 Å². The molecular formula is C12H16N4O2S. The van der Waals surface area contributed by atoms with Crippen molar-refractivity contribution >= 4 is 23.2 Å². The Morgan fingerprint density at radius 1 is 1.47 bits per heavy atom. The third kappa shape index (κ3) is 3.78. The molecule has 2 amide bonds. The molecule has 0 aromatic carbocycles. The van der Waals surface area contributed by atoms with E-state index in [9.17, 15) is 4.79 Å². The van der Waals surface area contributed by atoms with Crippen molar-refractivity contribution in [3.63, 3.8) is 0 Å². The Kier molecular flexibility index (Phi) is 3.84. The molecule has 6 nitrogen and oxygen atoms in total. The quantitative estimate of drug-likeness (QED) is 0.906. The lowest BCUT2D eigenvalue weighted by Gasteiger charge is -2.14. The largest absolute Gasteiger partial charge is 0.363 e. The molecule has 0 aliphatic rings. The molecule has 2 heterocycles. The Morgan fingerprint density at radius 3 is 2.84 bits per heavy atom. The minimum Gasteiger partial charge on any atom is -0.363 e. The van der Waals surface area contributed by atoms with Crippen LogP contribution in [-0.2, 0) is 12.0 Å². The van der Waals surface area contributed by atoms with E-state index in [2.05, 4.69) is 46.1 Å². The first-order chi connectivity index (χ1) is 8.95. The summed E-state index contributed by atoms with van der Waals surface area (Å²) >= 11 is 1.54. The zero-order valence-corrected chi connectivity index (χ0v) is 11.9. The fourth-order valence-corrected chi connectivity index (χ4v) is 2.29. The summed E-state index contributed by atoms with van der Waals surface area (Å²) in [5.41, 5.74) is 1.06. The molecule has 0 unspecified atom stereocenters. The topological polar surface area (TPSA) is 80.0 Å². The molecular weight excluding hydrogens is 264 g/mol. The first kappa shape index (κ1) is 13.5. The van der Waals surface area contributed by atoms with Crippen LogP contribution in [0.5, 0.6) is 0 Å². The molecule has 19 heavy (non-hydrogen) atoms. The summed E-state index contributed by atoms with van der Waals surface area (Å²) in [6.07, 6.45) is 1.39. The van der Waals surface area contributed by atoms with Crippen molar-refractivity contribution in [2.45, 2.75) is 32.7 Å². The van der Waals surface area contributed by atoms with E-state index >= 15 is 0 Å². The van der Waals surface area contributed by atoms with E-state index in [1.54, 1.807) is 6.07 Å². The molecule has 0 saturated heterocycles. The minimum absolute atomic E-state index is 0.0255. The Balaban J connectivity index is 1.85. The normalized spacial score (nSPS) is 11.3. The van der Waals surface area contributed by atoms with Crippen LogP contribution in [0.25, 0.3) is 0 Å². The van der Waals surface area contributed by atoms with E-state index in [1.807, 2.05) is 5.38 Å². The second kappa shape index (κ2) is 5.40. The van der Waals surface area contributed by atoms with Crippen LogP contribution in [-0.4, -0.2) is 16.2 Å². The van der Waals surface area contributed by atoms with E-state index in [0.717, 1.165) is 10.7 Å². The number of anilines is 1. The van der Waals surface area contributed by atoms with E-state index in [-0.39, 0.29) is 11.4 Å². The average molecular weight is 280 g/mol. The summed E-state index contributed by atoms with van der Waals surface area (Å²) < 4.78 is 4.62. The number of carbonyl (C=O) groups excluding carboxylic acids is 1. The molecule has 102 valence electrons. The van der Waals surface area contributed by atoms with E-state index in [4.69, 9.17) is 0 Å². The highest BCUT2D eigenvalue weighted by molar-refractivity contribution is 7.09. The molecule has 0 aliphatic heterocycles. The van der Waals surface area contributed by atoms with Gasteiger partial charge in [-0.2, -0.15) is 0 Å². The SMILES string of the molecule is CC(C)(C)c1csc(CNC(=O)Nc2ccon2)n1. The zero-order chi connectivity index (χ0) is 13.9. The molecule has 2 aromatic heterocycles. The van der Waals surface area contributed by atoms with Gasteiger partial charge in [0.05, 0.1) is 12.2 Å². The molecule has 0 aliphatic carbocycles. The molecule has 0 atom stereocenters. The highest BCUT2D eigenvalue weighted by Gasteiger charge is 2.17. The Labute approximate surface area is 115 Å². The van der Waals surface area contributed by atoms with Crippen LogP contribution < -0.4 is 10.6 Å². The number of nitrogens with zero attached hydrogens (tertiary/aromatic N) is 2. The maximum Gasteiger partial charge on any atom is 0.320 e. The zero-order valence-electron chi connectivity index (χ0n) is 11.1. The Morgan fingerprint density at radius 2 is 2.26 bits per heavy atom. The van der Waals surface area contributed by atoms with Crippen molar-refractivity contribution < 1.29 is 9.32 Å². The van der Waals surface area contributed by atoms with Crippen molar-refractivity contribution in [3.05, 3.63) is 28.4 Å². The second-order valence-electron chi connectivity index (χ2n) is 5.07. The van der Waals surface area contributed by atoms with Crippen molar-refractivity contribution in [1.82, 2.24) is 15.5 Å². The monoisotopic (exact) mass is 280 g/mol. The molecule has 0 fully saturated rings. The van der Waals surface area contributed by atoms with Gasteiger partial charge in [0.25, 0.3) is 0 Å². The number of nitrogens with one attached hydrogen (secondary N) is 2. The predicted molar refractivity (Wildman–Crippen MR) is 73.2 cm³/mol. The van der Waals surface area contributed by atoms with E-state index in [0.29, 0.717) is 12.4 Å². The van der Waals surface area contributed by atoms with Gasteiger partial charge in [-0.1, -0.05) is 25.9 Å². The van der Waals surface area contributed by atoms with Gasteiger partial charge in [0, 0.05) is 16.9 Å². The third-order valence-electron chi connectivity index (χ3n) is 2.40. The van der Waals surface area contributed by atoms with Crippen molar-refractivity contribution in [1.29, 1.82) is 0 Å². The number of urea groups is 1. The second-order valence-corrected chi connectivity index (χ2v) is 6.01. The van der Waals surface area contributed by atoms with Gasteiger partial charge in [0.2, 0.25) is 0 Å². The van der Waals surface area contributed by atoms with Crippen LogP contribution >= 0.6 is 11.3 Å². The van der Waals surface area contributed by atoms with Gasteiger partial charge in [-0.3, -0.25) is 5.32 Å². The van der Waals surface area contributed by atoms with Crippen LogP contribution in [0.1, 0.15) is 31.5 Å². The Bertz CT molecular complexity index is 542. The minimum atomic E-state index is -0.332. The number of aromatic nitrogens is 2. The number of rotatable bonds is 3. The van der Waals surface area contributed by atoms with Gasteiger partial charge in [0.1, 0.15) is 11.3 Å². The first-order valence-electron chi connectivity index (χ1n) is 5.85. The molecule has 0 saturated carbocycles. The van der Waals surface area contributed by atoms with Gasteiger partial charge in [0.15, 0.2) is 5.82 Å². The highest BCUT2D eigenvalue weighted by atomic mass is 32.1. The lowest BCUT2D eigenvalue weighted by Crippen LogP contribution is -2.28. The third-order valence-corrected chi connectivity index (χ3v) is 3.25. The van der Waals surface area contributed by atoms with Gasteiger partial charge in [-0.15, -0.1) is 11.3 Å². The summed E-state index contributed by atoms with van der Waals surface area (Å²) in [7, 11) is 0. The van der Waals surface area contributed by atoms with Crippen molar-refractivity contribution in [3.8, 4) is 0 Å². The fraction of sp³-hybridized carbons (Fsp3) is 0.417. The lowest BCUT2D eigenvalue weighted by molar-refractivity contribution is 0.251. The summed E-state index contributed by atoms with van der Waals surface area (Å²) in [6.45, 7) is 6.72. The van der Waals surface area contributed by atoms with Crippen LogP contribution in [0.4, 0.5) is 10.6 Å². The van der Waals surface area contributed by atoms with E-state index in [1.165, 1.54) is 17.6 Å². The van der Waals surface area contributed by atoms with Crippen molar-refractivity contribution in [2.24, 2.45) is 0 Å². The van der Waals surface area contributed by atoms with Gasteiger partial charge >= 0.3 is 6.03 Å². The fourth-order valence-electron chi connectivity index (χ4n) is 1.33. The predicted octanol–water partition coefficient (Wildman–Crippen LogP) is 2.75. The molecule has 7 heteroatoms. The first-order valence-corrected chi connectivity index (χ1v) is 6.73. The van der Waals surface area contributed by atoms with Crippen molar-refractivity contribution in [2.75, 3.05) is 5.32 Å². The maximum atomic E-state index is 11.6. The van der Waals surface area contributed by atoms with Crippen LogP contribution in [0.2, 0.25) is 0 Å².